The summed E-state index contributed by atoms with van der Waals surface area (Å²) in [4.78, 5) is 31.4. The lowest BCUT2D eigenvalue weighted by Crippen LogP contribution is -2.45. The second-order valence-electron chi connectivity index (χ2n) is 10.2. The number of fused-ring (bicyclic) bond motifs is 1. The fourth-order valence-electron chi connectivity index (χ4n) is 5.45. The fourth-order valence-corrected chi connectivity index (χ4v) is 5.45. The van der Waals surface area contributed by atoms with E-state index in [-0.39, 0.29) is 5.54 Å². The van der Waals surface area contributed by atoms with Crippen LogP contribution in [0.3, 0.4) is 0 Å². The van der Waals surface area contributed by atoms with Crippen LogP contribution in [0.2, 0.25) is 0 Å². The third-order valence-electron chi connectivity index (χ3n) is 7.63. The quantitative estimate of drug-likeness (QED) is 0.506. The van der Waals surface area contributed by atoms with Gasteiger partial charge in [-0.25, -0.2) is 9.78 Å². The van der Waals surface area contributed by atoms with E-state index in [0.29, 0.717) is 12.3 Å². The largest absolute Gasteiger partial charge is 0.490 e. The third-order valence-corrected chi connectivity index (χ3v) is 7.63. The number of carboxylic acid groups (broad SMARTS) is 1. The summed E-state index contributed by atoms with van der Waals surface area (Å²) in [5, 5.41) is 7.12. The number of carboxylic acids is 1. The summed E-state index contributed by atoms with van der Waals surface area (Å²) in [7, 11) is 0. The molecule has 2 aliphatic heterocycles. The highest BCUT2D eigenvalue weighted by atomic mass is 19.4. The van der Waals surface area contributed by atoms with E-state index >= 15 is 0 Å². The van der Waals surface area contributed by atoms with E-state index in [1.807, 2.05) is 6.07 Å². The van der Waals surface area contributed by atoms with Crippen molar-refractivity contribution in [2.45, 2.75) is 70.8 Å². The smallest absolute Gasteiger partial charge is 0.475 e. The summed E-state index contributed by atoms with van der Waals surface area (Å²) >= 11 is 0. The van der Waals surface area contributed by atoms with Gasteiger partial charge in [-0.3, -0.25) is 9.69 Å². The van der Waals surface area contributed by atoms with E-state index < -0.39 is 12.1 Å². The molecule has 2 fully saturated rings. The summed E-state index contributed by atoms with van der Waals surface area (Å²) in [6.45, 7) is 7.98. The van der Waals surface area contributed by atoms with Crippen LogP contribution >= 0.6 is 0 Å². The number of hydrogen-bond acceptors (Lipinski definition) is 4. The van der Waals surface area contributed by atoms with Crippen molar-refractivity contribution in [1.29, 1.82) is 0 Å². The van der Waals surface area contributed by atoms with Gasteiger partial charge in [0.25, 0.3) is 0 Å². The first-order valence-electron chi connectivity index (χ1n) is 12.8. The topological polar surface area (TPSA) is 78.2 Å². The van der Waals surface area contributed by atoms with E-state index in [2.05, 4.69) is 70.6 Å². The molecule has 7 nitrogen and oxygen atoms in total. The normalized spacial score (nSPS) is 20.4. The fraction of sp³-hybridized carbons (Fsp3) is 0.464. The average Bonchev–Trinajstić information content (AvgIpc) is 3.25. The van der Waals surface area contributed by atoms with Crippen LogP contribution in [0.25, 0.3) is 5.65 Å². The van der Waals surface area contributed by atoms with E-state index in [4.69, 9.17) is 14.9 Å². The lowest BCUT2D eigenvalue weighted by molar-refractivity contribution is -0.192. The number of alkyl halides is 3. The van der Waals surface area contributed by atoms with Gasteiger partial charge in [0.15, 0.2) is 0 Å². The number of carbonyl (C=O) groups excluding carboxylic acids is 1. The maximum atomic E-state index is 12.8. The number of nitrogens with zero attached hydrogens (tertiary/aromatic N) is 4. The lowest BCUT2D eigenvalue weighted by Gasteiger charge is -2.38. The van der Waals surface area contributed by atoms with Crippen LogP contribution in [0, 0.1) is 13.8 Å². The van der Waals surface area contributed by atoms with Gasteiger partial charge in [0.1, 0.15) is 5.65 Å². The van der Waals surface area contributed by atoms with Gasteiger partial charge in [-0.1, -0.05) is 35.9 Å². The van der Waals surface area contributed by atoms with Crippen LogP contribution in [0.1, 0.15) is 54.6 Å². The number of carbonyl (C=O) groups is 2. The first-order valence-corrected chi connectivity index (χ1v) is 12.8. The molecule has 4 heterocycles. The minimum atomic E-state index is -5.08. The number of pyridine rings is 1. The molecule has 5 rings (SSSR count). The van der Waals surface area contributed by atoms with Crippen LogP contribution in [0.15, 0.2) is 48.7 Å². The number of amides is 1. The molecular formula is C28H33F3N4O3. The Morgan fingerprint density at radius 3 is 2.39 bits per heavy atom. The van der Waals surface area contributed by atoms with Crippen LogP contribution in [0.5, 0.6) is 0 Å². The van der Waals surface area contributed by atoms with E-state index in [1.165, 1.54) is 22.5 Å². The van der Waals surface area contributed by atoms with Crippen molar-refractivity contribution < 1.29 is 27.9 Å². The summed E-state index contributed by atoms with van der Waals surface area (Å²) < 4.78 is 33.9. The Balaban J connectivity index is 0.000000426. The Hall–Kier alpha value is -3.40. The Kier molecular flexibility index (Phi) is 8.10. The standard InChI is InChI=1S/C26H32N4O.C2HF3O2/c1-20-7-9-22(10-8-20)18-30-25(31)11-13-26(30)12-5-15-28(17-14-26)19-23-21(2)29-16-4-3-6-24(29)27-23;3-2(4,5)1(6)7/h3-4,6-10,16H,5,11-15,17-19H2,1-2H3;(H,6,7). The number of halogens is 3. The monoisotopic (exact) mass is 530 g/mol. The number of benzene rings is 1. The van der Waals surface area contributed by atoms with Crippen LogP contribution in [-0.4, -0.2) is 61.0 Å². The molecule has 0 bridgehead atoms. The number of imidazole rings is 1. The van der Waals surface area contributed by atoms with Crippen molar-refractivity contribution in [3.05, 3.63) is 71.2 Å². The SMILES string of the molecule is Cc1ccc(CN2C(=O)CCC23CCCN(Cc2nc4ccccn4c2C)CC3)cc1.O=C(O)C(F)(F)F. The van der Waals surface area contributed by atoms with Crippen molar-refractivity contribution >= 4 is 17.5 Å². The van der Waals surface area contributed by atoms with Gasteiger partial charge in [0.05, 0.1) is 5.69 Å². The summed E-state index contributed by atoms with van der Waals surface area (Å²) in [5.74, 6) is -2.43. The minimum Gasteiger partial charge on any atom is -0.475 e. The number of aromatic nitrogens is 2. The summed E-state index contributed by atoms with van der Waals surface area (Å²) in [5.41, 5.74) is 5.94. The van der Waals surface area contributed by atoms with Crippen LogP contribution < -0.4 is 0 Å². The predicted molar refractivity (Wildman–Crippen MR) is 136 cm³/mol. The van der Waals surface area contributed by atoms with Gasteiger partial charge >= 0.3 is 12.1 Å². The zero-order valence-electron chi connectivity index (χ0n) is 21.7. The highest BCUT2D eigenvalue weighted by molar-refractivity contribution is 5.79. The molecule has 3 aromatic rings. The average molecular weight is 531 g/mol. The zero-order valence-corrected chi connectivity index (χ0v) is 21.7. The first kappa shape index (κ1) is 27.6. The van der Waals surface area contributed by atoms with E-state index in [9.17, 15) is 18.0 Å². The summed E-state index contributed by atoms with van der Waals surface area (Å²) in [6, 6.07) is 14.8. The molecule has 1 N–H and O–H groups in total. The molecule has 0 aliphatic carbocycles. The molecule has 38 heavy (non-hydrogen) atoms. The maximum absolute atomic E-state index is 12.8. The van der Waals surface area contributed by atoms with Crippen molar-refractivity contribution in [2.75, 3.05) is 13.1 Å². The second kappa shape index (κ2) is 11.1. The molecule has 1 unspecified atom stereocenters. The Labute approximate surface area is 219 Å². The minimum absolute atomic E-state index is 0.0185. The molecule has 1 atom stereocenters. The molecular weight excluding hydrogens is 497 g/mol. The van der Waals surface area contributed by atoms with Gasteiger partial charge in [0.2, 0.25) is 5.91 Å². The molecule has 2 saturated heterocycles. The lowest BCUT2D eigenvalue weighted by atomic mass is 9.87. The third kappa shape index (κ3) is 6.18. The number of aryl methyl sites for hydroxylation is 2. The molecule has 1 amide bonds. The number of likely N-dealkylation sites (tertiary alicyclic amines) is 2. The van der Waals surface area contributed by atoms with Gasteiger partial charge in [-0.2, -0.15) is 13.2 Å². The van der Waals surface area contributed by atoms with Crippen LogP contribution in [0.4, 0.5) is 13.2 Å². The van der Waals surface area contributed by atoms with E-state index in [0.717, 1.165) is 57.5 Å². The van der Waals surface area contributed by atoms with Gasteiger partial charge in [-0.05, 0) is 63.8 Å². The molecule has 1 spiro atoms. The Morgan fingerprint density at radius 2 is 1.74 bits per heavy atom. The predicted octanol–water partition coefficient (Wildman–Crippen LogP) is 5.13. The van der Waals surface area contributed by atoms with Crippen LogP contribution in [-0.2, 0) is 22.7 Å². The zero-order chi connectivity index (χ0) is 27.5. The number of aliphatic carboxylic acids is 1. The van der Waals surface area contributed by atoms with E-state index in [1.54, 1.807) is 0 Å². The molecule has 0 radical (unpaired) electrons. The molecule has 2 aromatic heterocycles. The van der Waals surface area contributed by atoms with Gasteiger partial charge < -0.3 is 14.4 Å². The number of hydrogen-bond donors (Lipinski definition) is 1. The highest BCUT2D eigenvalue weighted by Crippen LogP contribution is 2.40. The van der Waals surface area contributed by atoms with Crippen molar-refractivity contribution in [3.8, 4) is 0 Å². The molecule has 0 saturated carbocycles. The van der Waals surface area contributed by atoms with Gasteiger partial charge in [-0.15, -0.1) is 0 Å². The molecule has 2 aliphatic rings. The Morgan fingerprint density at radius 1 is 1.03 bits per heavy atom. The second-order valence-corrected chi connectivity index (χ2v) is 10.2. The highest BCUT2D eigenvalue weighted by Gasteiger charge is 2.45. The maximum Gasteiger partial charge on any atom is 0.490 e. The molecule has 10 heteroatoms. The van der Waals surface area contributed by atoms with Crippen molar-refractivity contribution in [2.24, 2.45) is 0 Å². The molecule has 204 valence electrons. The first-order chi connectivity index (χ1) is 18.0. The van der Waals surface area contributed by atoms with Crippen molar-refractivity contribution in [1.82, 2.24) is 19.2 Å². The molecule has 1 aromatic carbocycles. The van der Waals surface area contributed by atoms with Gasteiger partial charge in [0, 0.05) is 43.5 Å². The Bertz CT molecular complexity index is 1290. The number of rotatable bonds is 4. The summed E-state index contributed by atoms with van der Waals surface area (Å²) in [6.07, 6.45) is 1.98. The van der Waals surface area contributed by atoms with Crippen molar-refractivity contribution in [3.63, 3.8) is 0 Å².